The molecule has 0 bridgehead atoms. The van der Waals surface area contributed by atoms with E-state index in [1.54, 1.807) is 44.7 Å². The van der Waals surface area contributed by atoms with E-state index in [0.29, 0.717) is 22.4 Å². The van der Waals surface area contributed by atoms with Crippen molar-refractivity contribution in [3.8, 4) is 16.9 Å². The third-order valence-electron chi connectivity index (χ3n) is 7.49. The SMILES string of the molecule is CN(C)c1cc(-c2cccnc2)c(O)c2c1C[C@H]1C[C@H]3CC(O)=C(C(N)=O)C(=O)[C@@]3(O)C(O)=C1C2=O. The Morgan fingerprint density at radius 3 is 2.53 bits per heavy atom. The fourth-order valence-electron chi connectivity index (χ4n) is 5.81. The van der Waals surface area contributed by atoms with Crippen LogP contribution in [0.15, 0.2) is 53.3 Å². The van der Waals surface area contributed by atoms with Gasteiger partial charge in [-0.3, -0.25) is 19.4 Å². The van der Waals surface area contributed by atoms with E-state index in [2.05, 4.69) is 4.98 Å². The van der Waals surface area contributed by atoms with Crippen LogP contribution in [0.25, 0.3) is 11.1 Å². The maximum Gasteiger partial charge on any atom is 0.255 e. The largest absolute Gasteiger partial charge is 0.511 e. The number of hydrogen-bond donors (Lipinski definition) is 5. The zero-order valence-corrected chi connectivity index (χ0v) is 19.6. The number of phenols is 1. The Labute approximate surface area is 206 Å². The first-order valence-electron chi connectivity index (χ1n) is 11.4. The number of amides is 1. The van der Waals surface area contributed by atoms with Crippen LogP contribution in [-0.2, 0) is 16.0 Å². The molecule has 1 amide bonds. The molecule has 2 aromatic rings. The average Bonchev–Trinajstić information content (AvgIpc) is 2.81. The van der Waals surface area contributed by atoms with Gasteiger partial charge in [-0.2, -0.15) is 0 Å². The van der Waals surface area contributed by atoms with E-state index in [-0.39, 0.29) is 36.1 Å². The zero-order valence-electron chi connectivity index (χ0n) is 19.6. The van der Waals surface area contributed by atoms with Crippen molar-refractivity contribution in [1.29, 1.82) is 0 Å². The summed E-state index contributed by atoms with van der Waals surface area (Å²) in [5, 5.41) is 44.1. The Hall–Kier alpha value is -4.18. The molecule has 1 aromatic carbocycles. The number of nitrogens with two attached hydrogens (primary N) is 1. The van der Waals surface area contributed by atoms with Crippen LogP contribution in [0, 0.1) is 11.8 Å². The van der Waals surface area contributed by atoms with Gasteiger partial charge in [0.2, 0.25) is 5.78 Å². The van der Waals surface area contributed by atoms with E-state index in [4.69, 9.17) is 5.73 Å². The number of aliphatic hydroxyl groups excluding tert-OH is 2. The highest BCUT2D eigenvalue weighted by molar-refractivity contribution is 6.24. The highest BCUT2D eigenvalue weighted by Gasteiger charge is 2.59. The van der Waals surface area contributed by atoms with Gasteiger partial charge in [0.1, 0.15) is 22.8 Å². The summed E-state index contributed by atoms with van der Waals surface area (Å²) >= 11 is 0. The molecule has 10 heteroatoms. The van der Waals surface area contributed by atoms with Crippen LogP contribution >= 0.6 is 0 Å². The molecule has 6 N–H and O–H groups in total. The highest BCUT2D eigenvalue weighted by Crippen LogP contribution is 2.53. The van der Waals surface area contributed by atoms with Gasteiger partial charge in [-0.1, -0.05) is 6.07 Å². The monoisotopic (exact) mass is 491 g/mol. The van der Waals surface area contributed by atoms with Gasteiger partial charge in [-0.15, -0.1) is 0 Å². The van der Waals surface area contributed by atoms with Crippen molar-refractivity contribution >= 4 is 23.2 Å². The van der Waals surface area contributed by atoms with E-state index >= 15 is 0 Å². The first-order chi connectivity index (χ1) is 17.0. The molecular weight excluding hydrogens is 466 g/mol. The van der Waals surface area contributed by atoms with Gasteiger partial charge in [0, 0.05) is 61.2 Å². The molecule has 1 aromatic heterocycles. The number of Topliss-reactive ketones (excluding diaryl/α,β-unsaturated/α-hetero) is 2. The molecule has 0 fully saturated rings. The van der Waals surface area contributed by atoms with Crippen molar-refractivity contribution in [3.63, 3.8) is 0 Å². The molecule has 0 aliphatic heterocycles. The number of benzene rings is 1. The summed E-state index contributed by atoms with van der Waals surface area (Å²) in [5.41, 5.74) is 3.83. The Morgan fingerprint density at radius 2 is 1.92 bits per heavy atom. The van der Waals surface area contributed by atoms with Crippen LogP contribution in [0.4, 0.5) is 5.69 Å². The maximum absolute atomic E-state index is 13.9. The van der Waals surface area contributed by atoms with E-state index < -0.39 is 52.0 Å². The van der Waals surface area contributed by atoms with Crippen LogP contribution in [-0.4, -0.2) is 62.6 Å². The van der Waals surface area contributed by atoms with Crippen LogP contribution in [0.1, 0.15) is 28.8 Å². The number of phenolic OH excluding ortho intramolecular Hbond substituents is 1. The molecule has 0 saturated carbocycles. The second-order valence-corrected chi connectivity index (χ2v) is 9.69. The number of primary amides is 1. The molecule has 0 saturated heterocycles. The number of hydrogen-bond acceptors (Lipinski definition) is 9. The van der Waals surface area contributed by atoms with Gasteiger partial charge in [0.15, 0.2) is 11.4 Å². The third kappa shape index (κ3) is 3.07. The molecule has 1 heterocycles. The van der Waals surface area contributed by atoms with E-state index in [1.807, 2.05) is 4.90 Å². The zero-order chi connectivity index (χ0) is 26.1. The number of aromatic nitrogens is 1. The molecule has 5 rings (SSSR count). The van der Waals surface area contributed by atoms with Crippen molar-refractivity contribution in [1.82, 2.24) is 4.98 Å². The Bertz CT molecular complexity index is 1410. The van der Waals surface area contributed by atoms with Crippen molar-refractivity contribution in [3.05, 3.63) is 64.4 Å². The van der Waals surface area contributed by atoms with Gasteiger partial charge in [-0.25, -0.2) is 0 Å². The average molecular weight is 492 g/mol. The molecule has 36 heavy (non-hydrogen) atoms. The predicted molar refractivity (Wildman–Crippen MR) is 128 cm³/mol. The smallest absolute Gasteiger partial charge is 0.255 e. The molecule has 186 valence electrons. The predicted octanol–water partition coefficient (Wildman–Crippen LogP) is 1.71. The number of ketones is 2. The topological polar surface area (TPSA) is 174 Å². The summed E-state index contributed by atoms with van der Waals surface area (Å²) in [6.45, 7) is 0. The summed E-state index contributed by atoms with van der Waals surface area (Å²) in [4.78, 5) is 44.6. The molecule has 10 nitrogen and oxygen atoms in total. The van der Waals surface area contributed by atoms with Gasteiger partial charge in [0.25, 0.3) is 5.91 Å². The normalized spacial score (nSPS) is 25.3. The lowest BCUT2D eigenvalue weighted by atomic mass is 9.60. The van der Waals surface area contributed by atoms with Crippen LogP contribution in [0.3, 0.4) is 0 Å². The molecule has 3 aliphatic carbocycles. The van der Waals surface area contributed by atoms with Crippen molar-refractivity contribution in [2.45, 2.75) is 24.9 Å². The van der Waals surface area contributed by atoms with Crippen LogP contribution in [0.5, 0.6) is 5.75 Å². The number of carbonyl (C=O) groups is 3. The highest BCUT2D eigenvalue weighted by atomic mass is 16.3. The first-order valence-corrected chi connectivity index (χ1v) is 11.4. The number of aliphatic hydroxyl groups is 3. The van der Waals surface area contributed by atoms with Crippen molar-refractivity contribution in [2.75, 3.05) is 19.0 Å². The molecular formula is C26H25N3O7. The molecule has 0 spiro atoms. The number of pyridine rings is 1. The van der Waals surface area contributed by atoms with Gasteiger partial charge in [-0.05, 0) is 36.5 Å². The number of nitrogens with zero attached hydrogens (tertiary/aromatic N) is 2. The second-order valence-electron chi connectivity index (χ2n) is 9.69. The minimum atomic E-state index is -2.59. The summed E-state index contributed by atoms with van der Waals surface area (Å²) in [7, 11) is 3.61. The molecule has 3 atom stereocenters. The lowest BCUT2D eigenvalue weighted by molar-refractivity contribution is -0.144. The van der Waals surface area contributed by atoms with Gasteiger partial charge >= 0.3 is 0 Å². The van der Waals surface area contributed by atoms with E-state index in [1.165, 1.54) is 0 Å². The van der Waals surface area contributed by atoms with Crippen molar-refractivity contribution in [2.24, 2.45) is 17.6 Å². The standard InChI is InChI=1S/C26H25N3O7/c1-29(2)16-9-14(11-4-3-5-28-10-11)21(31)19-15(16)7-12-6-13-8-17(30)20(25(27)35)24(34)26(13,36)23(33)18(12)22(19)32/h3-5,9-10,12-13,30-31,33,36H,6-8H2,1-2H3,(H2,27,35)/t12-,13+,26+/m1/s1. The van der Waals surface area contributed by atoms with Gasteiger partial charge in [0.05, 0.1) is 5.56 Å². The molecule has 0 radical (unpaired) electrons. The number of fused-ring (bicyclic) bond motifs is 3. The number of aromatic hydroxyl groups is 1. The summed E-state index contributed by atoms with van der Waals surface area (Å²) in [5.74, 6) is -6.47. The Kier molecular flexibility index (Phi) is 5.18. The summed E-state index contributed by atoms with van der Waals surface area (Å²) < 4.78 is 0. The summed E-state index contributed by atoms with van der Waals surface area (Å²) in [6, 6.07) is 5.20. The lowest BCUT2D eigenvalue weighted by Gasteiger charge is -2.46. The Morgan fingerprint density at radius 1 is 1.19 bits per heavy atom. The fourth-order valence-corrected chi connectivity index (χ4v) is 5.81. The van der Waals surface area contributed by atoms with Crippen LogP contribution < -0.4 is 10.6 Å². The fraction of sp³-hybridized carbons (Fsp3) is 0.308. The number of anilines is 1. The lowest BCUT2D eigenvalue weighted by Crippen LogP contribution is -2.57. The number of rotatable bonds is 3. The molecule has 0 unspecified atom stereocenters. The number of carbonyl (C=O) groups excluding carboxylic acids is 3. The van der Waals surface area contributed by atoms with E-state index in [9.17, 15) is 34.8 Å². The second kappa shape index (κ2) is 7.92. The first kappa shape index (κ1) is 23.6. The van der Waals surface area contributed by atoms with Crippen LogP contribution in [0.2, 0.25) is 0 Å². The van der Waals surface area contributed by atoms with Crippen molar-refractivity contribution < 1.29 is 34.8 Å². The maximum atomic E-state index is 13.9. The Balaban J connectivity index is 1.73. The molecule has 3 aliphatic rings. The minimum Gasteiger partial charge on any atom is -0.511 e. The van der Waals surface area contributed by atoms with E-state index in [0.717, 1.165) is 0 Å². The van der Waals surface area contributed by atoms with Gasteiger partial charge < -0.3 is 31.1 Å². The third-order valence-corrected chi connectivity index (χ3v) is 7.49. The quantitative estimate of drug-likeness (QED) is 0.400. The minimum absolute atomic E-state index is 0.0309. The summed E-state index contributed by atoms with van der Waals surface area (Å²) in [6.07, 6.45) is 3.19. The number of allylic oxidation sites excluding steroid dienone is 2.